The molecular weight excluding hydrogens is 236 g/mol. The average molecular weight is 254 g/mol. The standard InChI is InChI=1S/C12H18N2O2S/c1-2-14(17(15,16)12-7-8-12)11-5-3-10(9-13)4-6-11/h3-6,12H,2,7-9,13H2,1H3. The van der Waals surface area contributed by atoms with Crippen LogP contribution in [0.3, 0.4) is 0 Å². The summed E-state index contributed by atoms with van der Waals surface area (Å²) in [5.74, 6) is 0. The van der Waals surface area contributed by atoms with Crippen molar-refractivity contribution in [1.29, 1.82) is 0 Å². The lowest BCUT2D eigenvalue weighted by Gasteiger charge is -2.22. The summed E-state index contributed by atoms with van der Waals surface area (Å²) in [5, 5.41) is -0.170. The van der Waals surface area contributed by atoms with Gasteiger partial charge in [-0.3, -0.25) is 4.31 Å². The smallest absolute Gasteiger partial charge is 0.238 e. The lowest BCUT2D eigenvalue weighted by molar-refractivity contribution is 0.590. The van der Waals surface area contributed by atoms with Crippen LogP contribution in [0.15, 0.2) is 24.3 Å². The molecule has 1 fully saturated rings. The molecule has 0 atom stereocenters. The van der Waals surface area contributed by atoms with Gasteiger partial charge in [0.1, 0.15) is 0 Å². The number of hydrogen-bond acceptors (Lipinski definition) is 3. The van der Waals surface area contributed by atoms with Crippen LogP contribution in [0.2, 0.25) is 0 Å². The van der Waals surface area contributed by atoms with Crippen molar-refractivity contribution in [3.63, 3.8) is 0 Å². The maximum atomic E-state index is 12.2. The SMILES string of the molecule is CCN(c1ccc(CN)cc1)S(=O)(=O)C1CC1. The Morgan fingerprint density at radius 2 is 1.88 bits per heavy atom. The van der Waals surface area contributed by atoms with Crippen molar-refractivity contribution in [1.82, 2.24) is 0 Å². The zero-order valence-corrected chi connectivity index (χ0v) is 10.8. The van der Waals surface area contributed by atoms with Crippen LogP contribution in [-0.4, -0.2) is 20.2 Å². The van der Waals surface area contributed by atoms with Crippen LogP contribution in [-0.2, 0) is 16.6 Å². The first-order valence-electron chi connectivity index (χ1n) is 5.90. The molecule has 5 heteroatoms. The van der Waals surface area contributed by atoms with Crippen LogP contribution in [0.25, 0.3) is 0 Å². The molecule has 0 saturated heterocycles. The van der Waals surface area contributed by atoms with Gasteiger partial charge in [-0.2, -0.15) is 0 Å². The highest BCUT2D eigenvalue weighted by molar-refractivity contribution is 7.93. The predicted molar refractivity (Wildman–Crippen MR) is 69.3 cm³/mol. The normalized spacial score (nSPS) is 15.9. The van der Waals surface area contributed by atoms with Gasteiger partial charge in [0.2, 0.25) is 10.0 Å². The largest absolute Gasteiger partial charge is 0.326 e. The summed E-state index contributed by atoms with van der Waals surface area (Å²) in [6.07, 6.45) is 1.58. The summed E-state index contributed by atoms with van der Waals surface area (Å²) < 4.78 is 25.9. The van der Waals surface area contributed by atoms with Gasteiger partial charge >= 0.3 is 0 Å². The van der Waals surface area contributed by atoms with E-state index < -0.39 is 10.0 Å². The molecule has 94 valence electrons. The summed E-state index contributed by atoms with van der Waals surface area (Å²) in [6, 6.07) is 7.40. The van der Waals surface area contributed by atoms with Crippen LogP contribution in [0, 0.1) is 0 Å². The van der Waals surface area contributed by atoms with Gasteiger partial charge < -0.3 is 5.73 Å². The highest BCUT2D eigenvalue weighted by Gasteiger charge is 2.39. The van der Waals surface area contributed by atoms with Crippen molar-refractivity contribution in [3.8, 4) is 0 Å². The second kappa shape index (κ2) is 4.66. The van der Waals surface area contributed by atoms with Crippen molar-refractivity contribution in [2.75, 3.05) is 10.8 Å². The van der Waals surface area contributed by atoms with E-state index in [0.717, 1.165) is 24.1 Å². The number of benzene rings is 1. The average Bonchev–Trinajstić information content (AvgIpc) is 3.14. The maximum absolute atomic E-state index is 12.2. The van der Waals surface area contributed by atoms with Gasteiger partial charge in [0.25, 0.3) is 0 Å². The van der Waals surface area contributed by atoms with Gasteiger partial charge in [-0.15, -0.1) is 0 Å². The van der Waals surface area contributed by atoms with Gasteiger partial charge in [-0.05, 0) is 37.5 Å². The van der Waals surface area contributed by atoms with E-state index in [1.165, 1.54) is 4.31 Å². The molecule has 17 heavy (non-hydrogen) atoms. The second-order valence-electron chi connectivity index (χ2n) is 4.28. The molecule has 1 aromatic rings. The minimum atomic E-state index is -3.15. The third-order valence-electron chi connectivity index (χ3n) is 3.00. The van der Waals surface area contributed by atoms with E-state index in [4.69, 9.17) is 5.73 Å². The number of nitrogens with zero attached hydrogens (tertiary/aromatic N) is 1. The fraction of sp³-hybridized carbons (Fsp3) is 0.500. The van der Waals surface area contributed by atoms with Crippen LogP contribution in [0.1, 0.15) is 25.3 Å². The molecule has 0 amide bonds. The Morgan fingerprint density at radius 3 is 2.29 bits per heavy atom. The van der Waals surface area contributed by atoms with Gasteiger partial charge in [0.05, 0.1) is 10.9 Å². The van der Waals surface area contributed by atoms with E-state index in [1.54, 1.807) is 0 Å². The monoisotopic (exact) mass is 254 g/mol. The van der Waals surface area contributed by atoms with Crippen LogP contribution in [0.5, 0.6) is 0 Å². The molecule has 0 bridgehead atoms. The van der Waals surface area contributed by atoms with E-state index in [-0.39, 0.29) is 5.25 Å². The van der Waals surface area contributed by atoms with E-state index >= 15 is 0 Å². The van der Waals surface area contributed by atoms with Gasteiger partial charge in [-0.1, -0.05) is 12.1 Å². The zero-order valence-electron chi connectivity index (χ0n) is 9.96. The summed E-state index contributed by atoms with van der Waals surface area (Å²) in [7, 11) is -3.15. The molecule has 1 aliphatic carbocycles. The number of nitrogens with two attached hydrogens (primary N) is 1. The lowest BCUT2D eigenvalue weighted by Crippen LogP contribution is -2.33. The van der Waals surface area contributed by atoms with Gasteiger partial charge in [-0.25, -0.2) is 8.42 Å². The second-order valence-corrected chi connectivity index (χ2v) is 6.42. The van der Waals surface area contributed by atoms with E-state index in [1.807, 2.05) is 31.2 Å². The molecule has 1 saturated carbocycles. The Labute approximate surface area is 102 Å². The quantitative estimate of drug-likeness (QED) is 0.865. The van der Waals surface area contributed by atoms with Crippen LogP contribution in [0.4, 0.5) is 5.69 Å². The predicted octanol–water partition coefficient (Wildman–Crippen LogP) is 1.46. The molecule has 1 aromatic carbocycles. The zero-order chi connectivity index (χ0) is 12.5. The Hall–Kier alpha value is -1.07. The first kappa shape index (κ1) is 12.4. The first-order valence-corrected chi connectivity index (χ1v) is 7.40. The van der Waals surface area contributed by atoms with E-state index in [9.17, 15) is 8.42 Å². The molecular formula is C12H18N2O2S. The highest BCUT2D eigenvalue weighted by atomic mass is 32.2. The molecule has 0 unspecified atom stereocenters. The summed E-state index contributed by atoms with van der Waals surface area (Å²) in [6.45, 7) is 2.80. The molecule has 2 N–H and O–H groups in total. The molecule has 0 aromatic heterocycles. The lowest BCUT2D eigenvalue weighted by atomic mass is 10.2. The Balaban J connectivity index is 2.28. The molecule has 0 spiro atoms. The van der Waals surface area contributed by atoms with Crippen molar-refractivity contribution in [2.45, 2.75) is 31.6 Å². The summed E-state index contributed by atoms with van der Waals surface area (Å²) in [4.78, 5) is 0. The molecule has 2 rings (SSSR count). The molecule has 0 radical (unpaired) electrons. The van der Waals surface area contributed by atoms with Crippen molar-refractivity contribution in [3.05, 3.63) is 29.8 Å². The van der Waals surface area contributed by atoms with Crippen molar-refractivity contribution >= 4 is 15.7 Å². The summed E-state index contributed by atoms with van der Waals surface area (Å²) >= 11 is 0. The number of sulfonamides is 1. The van der Waals surface area contributed by atoms with Gasteiger partial charge in [0.15, 0.2) is 0 Å². The molecule has 4 nitrogen and oxygen atoms in total. The number of anilines is 1. The molecule has 1 aliphatic rings. The minimum absolute atomic E-state index is 0.170. The van der Waals surface area contributed by atoms with Crippen LogP contribution >= 0.6 is 0 Å². The van der Waals surface area contributed by atoms with Crippen molar-refractivity contribution in [2.24, 2.45) is 5.73 Å². The van der Waals surface area contributed by atoms with Crippen LogP contribution < -0.4 is 10.0 Å². The minimum Gasteiger partial charge on any atom is -0.326 e. The van der Waals surface area contributed by atoms with Gasteiger partial charge in [0, 0.05) is 13.1 Å². The number of hydrogen-bond donors (Lipinski definition) is 1. The van der Waals surface area contributed by atoms with Crippen molar-refractivity contribution < 1.29 is 8.42 Å². The van der Waals surface area contributed by atoms with E-state index in [2.05, 4.69) is 0 Å². The fourth-order valence-electron chi connectivity index (χ4n) is 1.85. The summed E-state index contributed by atoms with van der Waals surface area (Å²) in [5.41, 5.74) is 7.26. The molecule has 0 aliphatic heterocycles. The first-order chi connectivity index (χ1) is 8.09. The Kier molecular flexibility index (Phi) is 3.40. The fourth-order valence-corrected chi connectivity index (χ4v) is 3.72. The topological polar surface area (TPSA) is 63.4 Å². The third-order valence-corrected chi connectivity index (χ3v) is 5.40. The third kappa shape index (κ3) is 2.45. The highest BCUT2D eigenvalue weighted by Crippen LogP contribution is 2.33. The Bertz CT molecular complexity index is 478. The Morgan fingerprint density at radius 1 is 1.29 bits per heavy atom. The maximum Gasteiger partial charge on any atom is 0.238 e. The number of rotatable bonds is 5. The van der Waals surface area contributed by atoms with E-state index in [0.29, 0.717) is 13.1 Å². The molecule has 0 heterocycles.